The monoisotopic (exact) mass is 306 g/mol. The molecule has 1 aliphatic rings. The van der Waals surface area contributed by atoms with Gasteiger partial charge < -0.3 is 0 Å². The molecule has 0 radical (unpaired) electrons. The van der Waals surface area contributed by atoms with E-state index in [-0.39, 0.29) is 12.0 Å². The van der Waals surface area contributed by atoms with Crippen LogP contribution in [0.25, 0.3) is 0 Å². The van der Waals surface area contributed by atoms with Crippen molar-refractivity contribution in [3.8, 4) is 0 Å². The second-order valence-corrected chi connectivity index (χ2v) is 6.24. The Kier molecular flexibility index (Phi) is 4.24. The first-order valence-corrected chi connectivity index (χ1v) is 7.79. The Morgan fingerprint density at radius 3 is 2.76 bits per heavy atom. The zero-order valence-electron chi connectivity index (χ0n) is 11.4. The number of halogens is 2. The molecule has 2 unspecified atom stereocenters. The molecule has 0 spiro atoms. The van der Waals surface area contributed by atoms with Gasteiger partial charge in [-0.2, -0.15) is 0 Å². The highest BCUT2D eigenvalue weighted by molar-refractivity contribution is 7.99. The number of benzene rings is 2. The quantitative estimate of drug-likeness (QED) is 0.673. The number of nitrogens with one attached hydrogen (secondary N) is 1. The summed E-state index contributed by atoms with van der Waals surface area (Å²) in [5.41, 5.74) is 4.85. The first-order chi connectivity index (χ1) is 10.2. The summed E-state index contributed by atoms with van der Waals surface area (Å²) in [5.74, 6) is 5.27. The number of hydrogen-bond acceptors (Lipinski definition) is 3. The Bertz CT molecular complexity index is 648. The van der Waals surface area contributed by atoms with Crippen LogP contribution in [0.15, 0.2) is 47.4 Å². The van der Waals surface area contributed by atoms with Crippen molar-refractivity contribution in [1.82, 2.24) is 5.43 Å². The Balaban J connectivity index is 1.81. The molecule has 2 atom stereocenters. The van der Waals surface area contributed by atoms with Gasteiger partial charge in [-0.1, -0.05) is 24.3 Å². The predicted molar refractivity (Wildman–Crippen MR) is 81.1 cm³/mol. The summed E-state index contributed by atoms with van der Waals surface area (Å²) in [6.07, 6.45) is 0.563. The van der Waals surface area contributed by atoms with Gasteiger partial charge in [-0.3, -0.25) is 11.3 Å². The first-order valence-electron chi connectivity index (χ1n) is 6.81. The van der Waals surface area contributed by atoms with E-state index in [1.54, 1.807) is 17.8 Å². The van der Waals surface area contributed by atoms with Gasteiger partial charge in [0.2, 0.25) is 0 Å². The van der Waals surface area contributed by atoms with E-state index in [1.807, 2.05) is 12.1 Å². The predicted octanol–water partition coefficient (Wildman–Crippen LogP) is 3.23. The van der Waals surface area contributed by atoms with Crippen LogP contribution in [0.2, 0.25) is 0 Å². The second-order valence-electron chi connectivity index (χ2n) is 5.18. The molecule has 0 saturated heterocycles. The average molecular weight is 306 g/mol. The third-order valence-electron chi connectivity index (χ3n) is 3.88. The van der Waals surface area contributed by atoms with Crippen molar-refractivity contribution in [1.29, 1.82) is 0 Å². The smallest absolute Gasteiger partial charge is 0.159 e. The Morgan fingerprint density at radius 2 is 2.00 bits per heavy atom. The lowest BCUT2D eigenvalue weighted by Crippen LogP contribution is -2.41. The summed E-state index contributed by atoms with van der Waals surface area (Å²) < 4.78 is 26.3. The van der Waals surface area contributed by atoms with E-state index in [9.17, 15) is 8.78 Å². The summed E-state index contributed by atoms with van der Waals surface area (Å²) in [5, 5.41) is 0. The molecule has 0 aliphatic carbocycles. The van der Waals surface area contributed by atoms with Crippen LogP contribution < -0.4 is 11.3 Å². The van der Waals surface area contributed by atoms with Gasteiger partial charge in [0, 0.05) is 22.6 Å². The van der Waals surface area contributed by atoms with Crippen molar-refractivity contribution < 1.29 is 8.78 Å². The second kappa shape index (κ2) is 6.13. The minimum atomic E-state index is -0.822. The third-order valence-corrected chi connectivity index (χ3v) is 5.08. The van der Waals surface area contributed by atoms with E-state index in [2.05, 4.69) is 17.6 Å². The first kappa shape index (κ1) is 14.5. The lowest BCUT2D eigenvalue weighted by atomic mass is 9.89. The Morgan fingerprint density at radius 1 is 1.19 bits per heavy atom. The van der Waals surface area contributed by atoms with Crippen LogP contribution in [-0.2, 0) is 6.42 Å². The van der Waals surface area contributed by atoms with Crippen molar-refractivity contribution in [2.75, 3.05) is 5.75 Å². The normalized spacial score (nSPS) is 18.5. The molecular weight excluding hydrogens is 290 g/mol. The molecular formula is C16H16F2N2S. The van der Waals surface area contributed by atoms with Crippen LogP contribution in [0.3, 0.4) is 0 Å². The molecule has 21 heavy (non-hydrogen) atoms. The Labute approximate surface area is 126 Å². The molecule has 0 saturated carbocycles. The SMILES string of the molecule is NNC(Cc1ccc(F)c(F)c1)C1CSc2ccccc21. The van der Waals surface area contributed by atoms with Crippen molar-refractivity contribution in [2.24, 2.45) is 5.84 Å². The van der Waals surface area contributed by atoms with E-state index >= 15 is 0 Å². The van der Waals surface area contributed by atoms with Crippen LogP contribution in [0, 0.1) is 11.6 Å². The van der Waals surface area contributed by atoms with Crippen LogP contribution in [0.5, 0.6) is 0 Å². The molecule has 0 amide bonds. The van der Waals surface area contributed by atoms with Gasteiger partial charge in [-0.25, -0.2) is 8.78 Å². The van der Waals surface area contributed by atoms with Gasteiger partial charge in [-0.05, 0) is 35.7 Å². The lowest BCUT2D eigenvalue weighted by Gasteiger charge is -2.23. The summed E-state index contributed by atoms with van der Waals surface area (Å²) >= 11 is 1.81. The summed E-state index contributed by atoms with van der Waals surface area (Å²) in [6.45, 7) is 0. The van der Waals surface area contributed by atoms with Crippen LogP contribution in [0.1, 0.15) is 17.0 Å². The summed E-state index contributed by atoms with van der Waals surface area (Å²) in [6, 6.07) is 12.3. The van der Waals surface area contributed by atoms with Crippen LogP contribution in [-0.4, -0.2) is 11.8 Å². The van der Waals surface area contributed by atoms with Crippen molar-refractivity contribution in [3.63, 3.8) is 0 Å². The molecule has 5 heteroatoms. The van der Waals surface area contributed by atoms with Crippen molar-refractivity contribution in [2.45, 2.75) is 23.3 Å². The number of thioether (sulfide) groups is 1. The van der Waals surface area contributed by atoms with Crippen LogP contribution in [0.4, 0.5) is 8.78 Å². The molecule has 110 valence electrons. The largest absolute Gasteiger partial charge is 0.271 e. The van der Waals surface area contributed by atoms with E-state index < -0.39 is 11.6 Å². The fourth-order valence-electron chi connectivity index (χ4n) is 2.76. The molecule has 0 bridgehead atoms. The molecule has 1 heterocycles. The minimum absolute atomic E-state index is 0.00832. The van der Waals surface area contributed by atoms with Gasteiger partial charge in [0.05, 0.1) is 0 Å². The molecule has 2 nitrogen and oxygen atoms in total. The van der Waals surface area contributed by atoms with E-state index in [0.29, 0.717) is 6.42 Å². The number of nitrogens with two attached hydrogens (primary N) is 1. The van der Waals surface area contributed by atoms with Crippen molar-refractivity contribution in [3.05, 3.63) is 65.2 Å². The van der Waals surface area contributed by atoms with Gasteiger partial charge in [0.15, 0.2) is 11.6 Å². The molecule has 3 rings (SSSR count). The maximum Gasteiger partial charge on any atom is 0.159 e. The fraction of sp³-hybridized carbons (Fsp3) is 0.250. The molecule has 3 N–H and O–H groups in total. The highest BCUT2D eigenvalue weighted by Crippen LogP contribution is 2.41. The van der Waals surface area contributed by atoms with E-state index in [4.69, 9.17) is 5.84 Å². The zero-order valence-corrected chi connectivity index (χ0v) is 12.2. The number of hydrogen-bond donors (Lipinski definition) is 2. The van der Waals surface area contributed by atoms with Gasteiger partial charge in [0.1, 0.15) is 0 Å². The van der Waals surface area contributed by atoms with Crippen molar-refractivity contribution >= 4 is 11.8 Å². The Hall–Kier alpha value is -1.43. The highest BCUT2D eigenvalue weighted by Gasteiger charge is 2.29. The van der Waals surface area contributed by atoms with Crippen LogP contribution >= 0.6 is 11.8 Å². The van der Waals surface area contributed by atoms with Gasteiger partial charge in [0.25, 0.3) is 0 Å². The molecule has 0 fully saturated rings. The van der Waals surface area contributed by atoms with Gasteiger partial charge >= 0.3 is 0 Å². The number of hydrazine groups is 1. The number of fused-ring (bicyclic) bond motifs is 1. The number of rotatable bonds is 4. The summed E-state index contributed by atoms with van der Waals surface area (Å²) in [7, 11) is 0. The topological polar surface area (TPSA) is 38.0 Å². The third kappa shape index (κ3) is 2.95. The molecule has 2 aromatic carbocycles. The zero-order chi connectivity index (χ0) is 14.8. The molecule has 2 aromatic rings. The lowest BCUT2D eigenvalue weighted by molar-refractivity contribution is 0.459. The summed E-state index contributed by atoms with van der Waals surface area (Å²) in [4.78, 5) is 1.27. The minimum Gasteiger partial charge on any atom is -0.271 e. The fourth-order valence-corrected chi connectivity index (χ4v) is 4.09. The molecule has 1 aliphatic heterocycles. The maximum atomic E-state index is 13.3. The van der Waals surface area contributed by atoms with Gasteiger partial charge in [-0.15, -0.1) is 11.8 Å². The average Bonchev–Trinajstić information content (AvgIpc) is 2.92. The van der Waals surface area contributed by atoms with E-state index in [1.165, 1.54) is 16.5 Å². The standard InChI is InChI=1S/C16H16F2N2S/c17-13-6-5-10(7-14(13)18)8-15(20-19)12-9-21-16-4-2-1-3-11(12)16/h1-7,12,15,20H,8-9,19H2. The maximum absolute atomic E-state index is 13.3. The highest BCUT2D eigenvalue weighted by atomic mass is 32.2. The molecule has 0 aromatic heterocycles. The van der Waals surface area contributed by atoms with E-state index in [0.717, 1.165) is 17.4 Å².